The highest BCUT2D eigenvalue weighted by molar-refractivity contribution is 8.76. The van der Waals surface area contributed by atoms with E-state index in [-0.39, 0.29) is 84.7 Å². The van der Waals surface area contributed by atoms with Crippen LogP contribution >= 0.6 is 21.6 Å². The van der Waals surface area contributed by atoms with Crippen molar-refractivity contribution in [1.29, 1.82) is 0 Å². The first-order chi connectivity index (χ1) is 72.4. The molecule has 4 aliphatic heterocycles. The van der Waals surface area contributed by atoms with Gasteiger partial charge in [0.15, 0.2) is 23.0 Å². The van der Waals surface area contributed by atoms with Gasteiger partial charge in [-0.3, -0.25) is 19.2 Å². The van der Waals surface area contributed by atoms with E-state index >= 15 is 19.2 Å². The highest BCUT2D eigenvalue weighted by Crippen LogP contribution is 2.45. The normalized spacial score (nSPS) is 13.9. The topological polar surface area (TPSA) is 209 Å². The third kappa shape index (κ3) is 33.3. The summed E-state index contributed by atoms with van der Waals surface area (Å²) < 4.78 is 67.8. The van der Waals surface area contributed by atoms with E-state index in [2.05, 4.69) is 194 Å². The van der Waals surface area contributed by atoms with Gasteiger partial charge >= 0.3 is 0 Å². The van der Waals surface area contributed by atoms with Gasteiger partial charge in [0.2, 0.25) is 23.3 Å². The van der Waals surface area contributed by atoms with Gasteiger partial charge in [0.05, 0.1) is 39.6 Å². The summed E-state index contributed by atoms with van der Waals surface area (Å²) in [6.45, 7) is 42.6. The van der Waals surface area contributed by atoms with Crippen LogP contribution in [0.1, 0.15) is 294 Å². The van der Waals surface area contributed by atoms with Gasteiger partial charge < -0.3 is 68.6 Å². The molecule has 0 radical (unpaired) electrons. The van der Waals surface area contributed by atoms with Crippen LogP contribution in [0.25, 0.3) is 0 Å². The smallest absolute Gasteiger partial charge is 0.260 e. The number of amides is 4. The minimum atomic E-state index is -1.17. The Labute approximate surface area is 903 Å². The Balaban J connectivity index is 0.769. The zero-order chi connectivity index (χ0) is 106. The van der Waals surface area contributed by atoms with Gasteiger partial charge in [-0.1, -0.05) is 344 Å². The van der Waals surface area contributed by atoms with Crippen LogP contribution < -0.4 is 101 Å². The van der Waals surface area contributed by atoms with Crippen LogP contribution in [-0.2, 0) is 22.7 Å². The molecular formula is C128H160B2N4O14S2. The van der Waals surface area contributed by atoms with E-state index in [4.69, 9.17) is 47.4 Å². The third-order valence-electron chi connectivity index (χ3n) is 28.5. The summed E-state index contributed by atoms with van der Waals surface area (Å²) in [5.74, 6) is 24.5. The maximum absolute atomic E-state index is 15.8. The van der Waals surface area contributed by atoms with E-state index in [9.17, 15) is 0 Å². The fourth-order valence-electron chi connectivity index (χ4n) is 19.6. The molecule has 794 valence electrons. The number of nitrogens with one attached hydrogen (secondary N) is 4. The molecule has 4 N–H and O–H groups in total. The predicted molar refractivity (Wildman–Crippen MR) is 617 cm³/mol. The second-order valence-electron chi connectivity index (χ2n) is 45.2. The van der Waals surface area contributed by atoms with Crippen LogP contribution in [0.15, 0.2) is 194 Å². The third-order valence-corrected chi connectivity index (χ3v) is 30.9. The molecule has 0 aromatic heterocycles. The van der Waals surface area contributed by atoms with Crippen LogP contribution in [0.5, 0.6) is 80.5 Å². The van der Waals surface area contributed by atoms with E-state index in [0.29, 0.717) is 133 Å². The van der Waals surface area contributed by atoms with E-state index in [1.54, 1.807) is 24.3 Å². The zero-order valence-electron chi connectivity index (χ0n) is 92.0. The predicted octanol–water partition coefficient (Wildman–Crippen LogP) is 25.9. The summed E-state index contributed by atoms with van der Waals surface area (Å²) >= 11 is 0. The van der Waals surface area contributed by atoms with Crippen molar-refractivity contribution in [1.82, 2.24) is 21.3 Å². The Morgan fingerprint density at radius 1 is 0.287 bits per heavy atom. The Bertz CT molecular complexity index is 5670. The number of carbonyl (C=O) groups is 4. The van der Waals surface area contributed by atoms with Gasteiger partial charge in [-0.05, 0) is 240 Å². The quantitative estimate of drug-likeness (QED) is 0.0121. The molecule has 18 nitrogen and oxygen atoms in total. The molecule has 4 amide bonds. The van der Waals surface area contributed by atoms with Gasteiger partial charge in [-0.15, -0.1) is 0 Å². The first kappa shape index (κ1) is 114. The van der Waals surface area contributed by atoms with E-state index in [1.165, 1.54) is 21.6 Å². The van der Waals surface area contributed by atoms with Crippen LogP contribution in [0, 0.1) is 94.7 Å². The van der Waals surface area contributed by atoms with Crippen molar-refractivity contribution >= 4 is 91.4 Å². The molecule has 0 spiro atoms. The first-order valence-electron chi connectivity index (χ1n) is 55.6. The average Bonchev–Trinajstić information content (AvgIpc) is 0.728. The van der Waals surface area contributed by atoms with Gasteiger partial charge in [0.1, 0.15) is 58.1 Å². The number of hydrogen-bond acceptors (Lipinski definition) is 16. The van der Waals surface area contributed by atoms with Crippen LogP contribution in [0.2, 0.25) is 0 Å². The number of rotatable bonds is 57. The summed E-state index contributed by atoms with van der Waals surface area (Å²) in [4.78, 5) is 62.6. The van der Waals surface area contributed by atoms with Crippen molar-refractivity contribution in [3.05, 3.63) is 239 Å². The van der Waals surface area contributed by atoms with Crippen molar-refractivity contribution in [2.24, 2.45) is 71.0 Å². The molecule has 10 aromatic carbocycles. The molecule has 8 atom stereocenters. The summed E-state index contributed by atoms with van der Waals surface area (Å²) in [6, 6.07) is 60.6. The zero-order valence-corrected chi connectivity index (χ0v) is 93.7. The number of ether oxygens (including phenoxy) is 10. The summed E-state index contributed by atoms with van der Waals surface area (Å²) in [6.07, 6.45) is 18.7. The molecule has 0 bridgehead atoms. The highest BCUT2D eigenvalue weighted by Gasteiger charge is 2.43. The van der Waals surface area contributed by atoms with Crippen LogP contribution in [0.3, 0.4) is 0 Å². The molecule has 0 aliphatic carbocycles. The molecule has 0 fully saturated rings. The number of carbonyl (C=O) groups excluding carboxylic acids is 4. The Kier molecular flexibility index (Phi) is 42.7. The average molecular weight is 2060 g/mol. The van der Waals surface area contributed by atoms with E-state index in [0.717, 1.165) is 205 Å². The lowest BCUT2D eigenvalue weighted by Crippen LogP contribution is -2.57. The molecule has 0 saturated carbocycles. The molecule has 14 rings (SSSR count). The van der Waals surface area contributed by atoms with Crippen molar-refractivity contribution in [2.45, 2.75) is 265 Å². The van der Waals surface area contributed by atoms with Crippen molar-refractivity contribution in [2.75, 3.05) is 51.1 Å². The number of hydrogen-bond donors (Lipinski definition) is 4. The van der Waals surface area contributed by atoms with Crippen LogP contribution in [-0.4, -0.2) is 100 Å². The molecule has 10 aromatic rings. The molecule has 2 unspecified atom stereocenters. The summed E-state index contributed by atoms with van der Waals surface area (Å²) in [5.41, 5.74) is 11.2. The fourth-order valence-corrected chi connectivity index (χ4v) is 21.9. The molecule has 4 aliphatic rings. The summed E-state index contributed by atoms with van der Waals surface area (Å²) in [5, 5.41) is 12.8. The van der Waals surface area contributed by atoms with Crippen molar-refractivity contribution in [3.8, 4) is 104 Å². The summed E-state index contributed by atoms with van der Waals surface area (Å²) in [7, 11) is 2.60. The van der Waals surface area contributed by atoms with E-state index in [1.807, 2.05) is 146 Å². The van der Waals surface area contributed by atoms with Crippen molar-refractivity contribution < 1.29 is 66.5 Å². The lowest BCUT2D eigenvalue weighted by atomic mass is 9.35. The highest BCUT2D eigenvalue weighted by atomic mass is 33.1. The number of benzene rings is 10. The standard InChI is InChI=1S/C128H160B2N4O14S2/c1-83(2)33-27-39-89(13)75-139-117-69-101(70-118(140-76-90(14)40-28-34-84(3)4)123(117)143-79-93(17)43-31-37-87(9)10)125(135)133-107(127(137)131-73-97-59-53-95(54-60-97)57-63-99-65-113-121-114(66-99)146-110-50-24-20-46-104(110)129(121)103-45-19-23-49-109(103)145-113)81-149-150-82-108(128(138)132-74-98-61-55-96(56-62-98)58-64-100-67-115-122-116(68-100)148-112-52-26-22-48-106(112)130(122)105-47-21-25-51-111(105)147-115)134-126(136)102-71-119(141-77-91(15)41-29-35-85(5)6)124(144-80-94(18)44-32-38-88(11)12)120(72-102)142-78-92(16)42-30-36-86(7)8/h19-26,45-56,59-62,65-72,83-94,107-108H,27-44,73-82H2,1-18H3,(H,131,137)(H,132,138)(H,133,135)(H,134,136)/t89-,90-,91-,92-,93-,94-,107?,108?/m0/s1. The Hall–Kier alpha value is -12.0. The SMILES string of the molecule is CC(C)CCC[C@H](C)COc1cc(C(=O)NC(CSSCC(NC(=O)c2cc(OC[C@@H](C)CCCC(C)C)c(OC[C@@H](C)CCCC(C)C)c(OC[C@@H](C)CCCC(C)C)c2)C(=O)NCc2ccc(C#Cc3cc4c5c(c3)Oc3ccccc3B5c3ccccc3O4)cc2)C(=O)NCc2ccc(C#Cc3cc4c5c(c3)Oc3ccccc3B5c3ccccc3O4)cc2)cc(OC[C@@H](C)CCCC(C)C)c1OC[C@@H](C)CCCC(C)C. The second-order valence-corrected chi connectivity index (χ2v) is 47.7. The van der Waals surface area contributed by atoms with Crippen molar-refractivity contribution in [3.63, 3.8) is 0 Å². The minimum absolute atomic E-state index is 0.0164. The fraction of sp³-hybridized carbons (Fsp3) is 0.469. The Morgan fingerprint density at radius 2 is 0.527 bits per heavy atom. The molecular weight excluding hydrogens is 1900 g/mol. The second kappa shape index (κ2) is 56.4. The lowest BCUT2D eigenvalue weighted by Gasteiger charge is -2.32. The molecule has 150 heavy (non-hydrogen) atoms. The minimum Gasteiger partial charge on any atom is -0.489 e. The van der Waals surface area contributed by atoms with E-state index < -0.39 is 35.7 Å². The molecule has 0 saturated heterocycles. The molecule has 4 heterocycles. The largest absolute Gasteiger partial charge is 0.489 e. The van der Waals surface area contributed by atoms with Gasteiger partial charge in [0.25, 0.3) is 25.2 Å². The van der Waals surface area contributed by atoms with Gasteiger partial charge in [-0.25, -0.2) is 0 Å². The number of para-hydroxylation sites is 4. The monoisotopic (exact) mass is 2060 g/mol. The van der Waals surface area contributed by atoms with Gasteiger partial charge in [-0.2, -0.15) is 0 Å². The first-order valence-corrected chi connectivity index (χ1v) is 58.1. The Morgan fingerprint density at radius 3 is 0.780 bits per heavy atom. The van der Waals surface area contributed by atoms with Crippen LogP contribution in [0.4, 0.5) is 0 Å². The van der Waals surface area contributed by atoms with Gasteiger partial charge in [0, 0.05) is 68.9 Å². The molecule has 22 heteroatoms. The number of fused-ring (bicyclic) bond motifs is 8. The lowest BCUT2D eigenvalue weighted by molar-refractivity contribution is -0.123. The maximum atomic E-state index is 15.8. The maximum Gasteiger partial charge on any atom is 0.260 e.